The van der Waals surface area contributed by atoms with Crippen LogP contribution in [0.25, 0.3) is 0 Å². The Labute approximate surface area is 92.6 Å². The topological polar surface area (TPSA) is 21.3 Å². The largest absolute Gasteiger partial charge is 0.489 e. The van der Waals surface area contributed by atoms with Gasteiger partial charge in [-0.1, -0.05) is 39.0 Å². The second-order valence-corrected chi connectivity index (χ2v) is 4.02. The van der Waals surface area contributed by atoms with Gasteiger partial charge in [0.25, 0.3) is 0 Å². The molecule has 1 aromatic rings. The maximum atomic E-state index is 5.92. The molecule has 0 aliphatic carbocycles. The lowest BCUT2D eigenvalue weighted by atomic mass is 10.1. The van der Waals surface area contributed by atoms with Crippen molar-refractivity contribution in [3.8, 4) is 5.75 Å². The number of nitrogens with one attached hydrogen (secondary N) is 1. The summed E-state index contributed by atoms with van der Waals surface area (Å²) in [4.78, 5) is 0. The summed E-state index contributed by atoms with van der Waals surface area (Å²) < 4.78 is 5.92. The summed E-state index contributed by atoms with van der Waals surface area (Å²) in [5.74, 6) is 1.47. The van der Waals surface area contributed by atoms with Crippen LogP contribution >= 0.6 is 0 Å². The predicted molar refractivity (Wildman–Crippen MR) is 64.2 cm³/mol. The fourth-order valence-electron chi connectivity index (χ4n) is 1.37. The van der Waals surface area contributed by atoms with Gasteiger partial charge in [0.1, 0.15) is 11.9 Å². The van der Waals surface area contributed by atoms with Crippen molar-refractivity contribution in [1.82, 2.24) is 5.32 Å². The Hall–Kier alpha value is -1.02. The number of ether oxygens (including phenoxy) is 1. The third-order valence-corrected chi connectivity index (χ3v) is 2.37. The normalized spacial score (nSPS) is 12.8. The molecule has 0 amide bonds. The highest BCUT2D eigenvalue weighted by Gasteiger charge is 2.13. The summed E-state index contributed by atoms with van der Waals surface area (Å²) in [6.45, 7) is 8.38. The van der Waals surface area contributed by atoms with E-state index in [9.17, 15) is 0 Å². The van der Waals surface area contributed by atoms with Gasteiger partial charge in [0.2, 0.25) is 0 Å². The molecule has 1 rings (SSSR count). The Kier molecular flexibility index (Phi) is 5.19. The molecule has 0 saturated heterocycles. The maximum Gasteiger partial charge on any atom is 0.119 e. The summed E-state index contributed by atoms with van der Waals surface area (Å²) in [6, 6.07) is 10.0. The third-order valence-electron chi connectivity index (χ3n) is 2.37. The standard InChI is InChI=1S/C13H21NO/c1-4-14-10-13(11(2)3)15-12-8-6-5-7-9-12/h5-9,11,13-14H,4,10H2,1-3H3. The van der Waals surface area contributed by atoms with Crippen LogP contribution in [-0.4, -0.2) is 19.2 Å². The van der Waals surface area contributed by atoms with Gasteiger partial charge < -0.3 is 10.1 Å². The number of rotatable bonds is 6. The molecule has 2 nitrogen and oxygen atoms in total. The molecule has 0 aliphatic heterocycles. The van der Waals surface area contributed by atoms with Gasteiger partial charge in [-0.15, -0.1) is 0 Å². The van der Waals surface area contributed by atoms with E-state index >= 15 is 0 Å². The number of hydrogen-bond acceptors (Lipinski definition) is 2. The molecule has 0 radical (unpaired) electrons. The van der Waals surface area contributed by atoms with Crippen molar-refractivity contribution in [2.24, 2.45) is 5.92 Å². The van der Waals surface area contributed by atoms with Crippen molar-refractivity contribution in [3.05, 3.63) is 30.3 Å². The molecule has 0 bridgehead atoms. The summed E-state index contributed by atoms with van der Waals surface area (Å²) in [6.07, 6.45) is 0.243. The zero-order valence-electron chi connectivity index (χ0n) is 9.86. The zero-order valence-corrected chi connectivity index (χ0v) is 9.86. The summed E-state index contributed by atoms with van der Waals surface area (Å²) >= 11 is 0. The minimum atomic E-state index is 0.243. The van der Waals surface area contributed by atoms with Gasteiger partial charge in [-0.25, -0.2) is 0 Å². The highest BCUT2D eigenvalue weighted by molar-refractivity contribution is 5.21. The molecule has 0 saturated carbocycles. The molecule has 2 heteroatoms. The van der Waals surface area contributed by atoms with E-state index in [0.29, 0.717) is 5.92 Å². The summed E-state index contributed by atoms with van der Waals surface area (Å²) in [5, 5.41) is 3.32. The molecule has 1 atom stereocenters. The lowest BCUT2D eigenvalue weighted by molar-refractivity contribution is 0.149. The third kappa shape index (κ3) is 4.34. The smallest absolute Gasteiger partial charge is 0.119 e. The van der Waals surface area contributed by atoms with E-state index in [-0.39, 0.29) is 6.10 Å². The van der Waals surface area contributed by atoms with Gasteiger partial charge in [0.15, 0.2) is 0 Å². The number of likely N-dealkylation sites (N-methyl/N-ethyl adjacent to an activating group) is 1. The average Bonchev–Trinajstić information content (AvgIpc) is 2.25. The van der Waals surface area contributed by atoms with Crippen LogP contribution in [0.15, 0.2) is 30.3 Å². The molecule has 15 heavy (non-hydrogen) atoms. The molecule has 0 aromatic heterocycles. The van der Waals surface area contributed by atoms with Crippen LogP contribution in [0.2, 0.25) is 0 Å². The van der Waals surface area contributed by atoms with Gasteiger partial charge in [0.05, 0.1) is 0 Å². The van der Waals surface area contributed by atoms with Crippen LogP contribution in [0, 0.1) is 5.92 Å². The number of benzene rings is 1. The average molecular weight is 207 g/mol. The van der Waals surface area contributed by atoms with Crippen molar-refractivity contribution in [2.45, 2.75) is 26.9 Å². The van der Waals surface area contributed by atoms with Crippen molar-refractivity contribution >= 4 is 0 Å². The molecule has 0 aliphatic rings. The second kappa shape index (κ2) is 6.46. The minimum absolute atomic E-state index is 0.243. The quantitative estimate of drug-likeness (QED) is 0.774. The molecule has 1 unspecified atom stereocenters. The molecular weight excluding hydrogens is 186 g/mol. The van der Waals surface area contributed by atoms with Crippen molar-refractivity contribution in [3.63, 3.8) is 0 Å². The van der Waals surface area contributed by atoms with E-state index in [2.05, 4.69) is 26.1 Å². The highest BCUT2D eigenvalue weighted by Crippen LogP contribution is 2.14. The first-order chi connectivity index (χ1) is 7.24. The van der Waals surface area contributed by atoms with Gasteiger partial charge in [-0.3, -0.25) is 0 Å². The van der Waals surface area contributed by atoms with Crippen LogP contribution < -0.4 is 10.1 Å². The second-order valence-electron chi connectivity index (χ2n) is 4.02. The Bertz CT molecular complexity index is 258. The fourth-order valence-corrected chi connectivity index (χ4v) is 1.37. The van der Waals surface area contributed by atoms with E-state index in [4.69, 9.17) is 4.74 Å². The lowest BCUT2D eigenvalue weighted by Crippen LogP contribution is -2.35. The van der Waals surface area contributed by atoms with E-state index in [1.165, 1.54) is 0 Å². The van der Waals surface area contributed by atoms with E-state index in [0.717, 1.165) is 18.8 Å². The van der Waals surface area contributed by atoms with Crippen LogP contribution in [0.3, 0.4) is 0 Å². The van der Waals surface area contributed by atoms with E-state index < -0.39 is 0 Å². The Morgan fingerprint density at radius 3 is 2.40 bits per heavy atom. The van der Waals surface area contributed by atoms with Crippen molar-refractivity contribution in [2.75, 3.05) is 13.1 Å². The Morgan fingerprint density at radius 1 is 1.20 bits per heavy atom. The van der Waals surface area contributed by atoms with Crippen LogP contribution in [0.4, 0.5) is 0 Å². The molecule has 0 heterocycles. The van der Waals surface area contributed by atoms with Gasteiger partial charge in [-0.05, 0) is 24.6 Å². The monoisotopic (exact) mass is 207 g/mol. The SMILES string of the molecule is CCNCC(Oc1ccccc1)C(C)C. The maximum absolute atomic E-state index is 5.92. The van der Waals surface area contributed by atoms with Gasteiger partial charge in [-0.2, -0.15) is 0 Å². The summed E-state index contributed by atoms with van der Waals surface area (Å²) in [5.41, 5.74) is 0. The van der Waals surface area contributed by atoms with Crippen molar-refractivity contribution in [1.29, 1.82) is 0 Å². The van der Waals surface area contributed by atoms with Gasteiger partial charge in [0, 0.05) is 6.54 Å². The van der Waals surface area contributed by atoms with Gasteiger partial charge >= 0.3 is 0 Å². The minimum Gasteiger partial charge on any atom is -0.489 e. The van der Waals surface area contributed by atoms with E-state index in [1.54, 1.807) is 0 Å². The molecule has 1 aromatic carbocycles. The number of hydrogen-bond donors (Lipinski definition) is 1. The lowest BCUT2D eigenvalue weighted by Gasteiger charge is -2.22. The fraction of sp³-hybridized carbons (Fsp3) is 0.538. The van der Waals surface area contributed by atoms with Crippen LogP contribution in [-0.2, 0) is 0 Å². The first-order valence-corrected chi connectivity index (χ1v) is 5.66. The molecule has 1 N–H and O–H groups in total. The molecule has 0 fully saturated rings. The highest BCUT2D eigenvalue weighted by atomic mass is 16.5. The molecular formula is C13H21NO. The van der Waals surface area contributed by atoms with E-state index in [1.807, 2.05) is 30.3 Å². The molecule has 84 valence electrons. The van der Waals surface area contributed by atoms with Crippen LogP contribution in [0.5, 0.6) is 5.75 Å². The first kappa shape index (κ1) is 12.1. The first-order valence-electron chi connectivity index (χ1n) is 5.66. The number of para-hydroxylation sites is 1. The zero-order chi connectivity index (χ0) is 11.1. The molecule has 0 spiro atoms. The predicted octanol–water partition coefficient (Wildman–Crippen LogP) is 2.70. The summed E-state index contributed by atoms with van der Waals surface area (Å²) in [7, 11) is 0. The Balaban J connectivity index is 2.51. The Morgan fingerprint density at radius 2 is 1.87 bits per heavy atom. The van der Waals surface area contributed by atoms with Crippen LogP contribution in [0.1, 0.15) is 20.8 Å². The van der Waals surface area contributed by atoms with Crippen molar-refractivity contribution < 1.29 is 4.74 Å².